The largest absolute Gasteiger partial charge is 0.487 e. The summed E-state index contributed by atoms with van der Waals surface area (Å²) in [6, 6.07) is 23.5. The lowest BCUT2D eigenvalue weighted by Gasteiger charge is -2.16. The van der Waals surface area contributed by atoms with Crippen LogP contribution in [0.1, 0.15) is 35.3 Å². The molecule has 0 heterocycles. The van der Waals surface area contributed by atoms with Gasteiger partial charge < -0.3 is 15.4 Å². The average molecular weight is 389 g/mol. The van der Waals surface area contributed by atoms with Crippen LogP contribution in [0.4, 0.5) is 11.4 Å². The molecule has 0 atom stereocenters. The van der Waals surface area contributed by atoms with Crippen LogP contribution in [0.2, 0.25) is 0 Å². The first-order valence-corrected chi connectivity index (χ1v) is 9.94. The molecule has 3 aromatic carbocycles. The van der Waals surface area contributed by atoms with E-state index in [9.17, 15) is 4.79 Å². The lowest BCUT2D eigenvalue weighted by molar-refractivity contribution is 0.102. The van der Waals surface area contributed by atoms with Crippen molar-refractivity contribution in [2.24, 2.45) is 5.92 Å². The molecule has 0 aliphatic rings. The van der Waals surface area contributed by atoms with Crippen molar-refractivity contribution in [1.29, 1.82) is 0 Å². The Morgan fingerprint density at radius 3 is 2.38 bits per heavy atom. The summed E-state index contributed by atoms with van der Waals surface area (Å²) in [5.41, 5.74) is 4.32. The van der Waals surface area contributed by atoms with Gasteiger partial charge in [0.1, 0.15) is 12.4 Å². The van der Waals surface area contributed by atoms with Gasteiger partial charge in [0.25, 0.3) is 5.91 Å². The molecule has 2 N–H and O–H groups in total. The van der Waals surface area contributed by atoms with Crippen LogP contribution in [-0.4, -0.2) is 13.0 Å². The van der Waals surface area contributed by atoms with Crippen LogP contribution in [0.5, 0.6) is 5.75 Å². The van der Waals surface area contributed by atoms with Crippen LogP contribution in [0.15, 0.2) is 72.8 Å². The minimum absolute atomic E-state index is 0.166. The predicted octanol–water partition coefficient (Wildman–Crippen LogP) is 5.76. The van der Waals surface area contributed by atoms with Gasteiger partial charge in [-0.05, 0) is 47.7 Å². The fraction of sp³-hybridized carbons (Fsp3) is 0.240. The van der Waals surface area contributed by atoms with Crippen molar-refractivity contribution in [3.8, 4) is 5.75 Å². The molecule has 0 aliphatic heterocycles. The third-order valence-corrected chi connectivity index (χ3v) is 4.59. The first-order chi connectivity index (χ1) is 14.1. The van der Waals surface area contributed by atoms with Gasteiger partial charge in [-0.1, -0.05) is 62.4 Å². The van der Waals surface area contributed by atoms with Crippen molar-refractivity contribution in [1.82, 2.24) is 0 Å². The summed E-state index contributed by atoms with van der Waals surface area (Å²) in [5, 5.41) is 6.13. The number of benzene rings is 3. The molecule has 3 aromatic rings. The molecule has 0 fully saturated rings. The Kier molecular flexibility index (Phi) is 6.90. The van der Waals surface area contributed by atoms with E-state index in [1.165, 1.54) is 5.56 Å². The Balaban J connectivity index is 1.76. The maximum atomic E-state index is 12.9. The minimum atomic E-state index is -0.166. The molecule has 0 aromatic heterocycles. The second-order valence-electron chi connectivity index (χ2n) is 7.46. The average Bonchev–Trinajstić information content (AvgIpc) is 2.72. The normalized spacial score (nSPS) is 10.6. The highest BCUT2D eigenvalue weighted by molar-refractivity contribution is 6.08. The number of hydrogen-bond donors (Lipinski definition) is 2. The van der Waals surface area contributed by atoms with Crippen LogP contribution in [0.3, 0.4) is 0 Å². The molecular weight excluding hydrogens is 360 g/mol. The molecule has 0 radical (unpaired) electrons. The van der Waals surface area contributed by atoms with E-state index >= 15 is 0 Å². The summed E-state index contributed by atoms with van der Waals surface area (Å²) in [5.74, 6) is 1.05. The minimum Gasteiger partial charge on any atom is -0.487 e. The topological polar surface area (TPSA) is 50.4 Å². The lowest BCUT2D eigenvalue weighted by atomic mass is 10.0. The molecular formula is C25H28N2O2. The number of ether oxygens (including phenoxy) is 1. The highest BCUT2D eigenvalue weighted by atomic mass is 16.5. The Morgan fingerprint density at radius 1 is 0.931 bits per heavy atom. The van der Waals surface area contributed by atoms with Gasteiger partial charge in [0.05, 0.1) is 11.3 Å². The molecule has 150 valence electrons. The molecule has 3 rings (SSSR count). The molecule has 29 heavy (non-hydrogen) atoms. The summed E-state index contributed by atoms with van der Waals surface area (Å²) < 4.78 is 5.98. The van der Waals surface area contributed by atoms with E-state index < -0.39 is 0 Å². The van der Waals surface area contributed by atoms with Gasteiger partial charge in [-0.2, -0.15) is 0 Å². The number of rotatable bonds is 8. The van der Waals surface area contributed by atoms with Crippen LogP contribution < -0.4 is 15.4 Å². The summed E-state index contributed by atoms with van der Waals surface area (Å²) in [4.78, 5) is 12.9. The van der Waals surface area contributed by atoms with E-state index in [1.807, 2.05) is 60.7 Å². The van der Waals surface area contributed by atoms with Gasteiger partial charge in [-0.25, -0.2) is 0 Å². The number of carbonyl (C=O) groups excluding carboxylic acids is 1. The zero-order chi connectivity index (χ0) is 20.6. The highest BCUT2D eigenvalue weighted by Gasteiger charge is 2.15. The Morgan fingerprint density at radius 2 is 1.66 bits per heavy atom. The number of nitrogens with one attached hydrogen (secondary N) is 2. The Bertz CT molecular complexity index is 952. The number of amides is 1. The van der Waals surface area contributed by atoms with Crippen LogP contribution in [-0.2, 0) is 13.0 Å². The first-order valence-electron chi connectivity index (χ1n) is 9.94. The van der Waals surface area contributed by atoms with E-state index in [4.69, 9.17) is 4.74 Å². The van der Waals surface area contributed by atoms with Crippen molar-refractivity contribution in [2.75, 3.05) is 17.7 Å². The van der Waals surface area contributed by atoms with Crippen molar-refractivity contribution in [2.45, 2.75) is 26.9 Å². The number of carbonyl (C=O) groups is 1. The number of anilines is 2. The standard InChI is InChI=1S/C25H28N2O2/c1-18(2)15-20-11-7-12-21(16-20)27-25(28)22-13-8-14-23(24(22)26-3)29-17-19-9-5-4-6-10-19/h4-14,16,18,26H,15,17H2,1-3H3,(H,27,28). The third-order valence-electron chi connectivity index (χ3n) is 4.59. The Labute approximate surface area is 172 Å². The monoisotopic (exact) mass is 388 g/mol. The zero-order valence-corrected chi connectivity index (χ0v) is 17.2. The smallest absolute Gasteiger partial charge is 0.257 e. The molecule has 0 bridgehead atoms. The van der Waals surface area contributed by atoms with Gasteiger partial charge in [0.2, 0.25) is 0 Å². The van der Waals surface area contributed by atoms with Crippen molar-refractivity contribution in [3.05, 3.63) is 89.5 Å². The molecule has 0 unspecified atom stereocenters. The van der Waals surface area contributed by atoms with Crippen molar-refractivity contribution in [3.63, 3.8) is 0 Å². The summed E-state index contributed by atoms with van der Waals surface area (Å²) in [7, 11) is 1.80. The predicted molar refractivity (Wildman–Crippen MR) is 120 cm³/mol. The molecule has 0 aliphatic carbocycles. The molecule has 0 saturated carbocycles. The quantitative estimate of drug-likeness (QED) is 0.516. The molecule has 4 heteroatoms. The maximum absolute atomic E-state index is 12.9. The van der Waals surface area contributed by atoms with Crippen molar-refractivity contribution >= 4 is 17.3 Å². The van der Waals surface area contributed by atoms with Crippen LogP contribution >= 0.6 is 0 Å². The second-order valence-corrected chi connectivity index (χ2v) is 7.46. The van der Waals surface area contributed by atoms with E-state index in [1.54, 1.807) is 13.1 Å². The molecule has 4 nitrogen and oxygen atoms in total. The first kappa shape index (κ1) is 20.5. The Hall–Kier alpha value is -3.27. The van der Waals surface area contributed by atoms with Gasteiger partial charge in [0.15, 0.2) is 0 Å². The summed E-state index contributed by atoms with van der Waals surface area (Å²) >= 11 is 0. The third kappa shape index (κ3) is 5.61. The SMILES string of the molecule is CNc1c(OCc2ccccc2)cccc1C(=O)Nc1cccc(CC(C)C)c1. The fourth-order valence-corrected chi connectivity index (χ4v) is 3.28. The number of hydrogen-bond acceptors (Lipinski definition) is 3. The molecule has 0 saturated heterocycles. The second kappa shape index (κ2) is 9.78. The summed E-state index contributed by atoms with van der Waals surface area (Å²) in [6.07, 6.45) is 0.980. The number of para-hydroxylation sites is 1. The van der Waals surface area contributed by atoms with E-state index in [-0.39, 0.29) is 5.91 Å². The van der Waals surface area contributed by atoms with Gasteiger partial charge >= 0.3 is 0 Å². The maximum Gasteiger partial charge on any atom is 0.257 e. The zero-order valence-electron chi connectivity index (χ0n) is 17.2. The summed E-state index contributed by atoms with van der Waals surface area (Å²) in [6.45, 7) is 4.81. The molecule has 1 amide bonds. The van der Waals surface area contributed by atoms with E-state index in [0.29, 0.717) is 29.5 Å². The van der Waals surface area contributed by atoms with Crippen LogP contribution in [0, 0.1) is 5.92 Å². The fourth-order valence-electron chi connectivity index (χ4n) is 3.28. The van der Waals surface area contributed by atoms with Gasteiger partial charge in [0, 0.05) is 12.7 Å². The van der Waals surface area contributed by atoms with Gasteiger partial charge in [-0.3, -0.25) is 4.79 Å². The van der Waals surface area contributed by atoms with Gasteiger partial charge in [-0.15, -0.1) is 0 Å². The van der Waals surface area contributed by atoms with Crippen LogP contribution in [0.25, 0.3) is 0 Å². The van der Waals surface area contributed by atoms with E-state index in [2.05, 4.69) is 30.5 Å². The lowest BCUT2D eigenvalue weighted by Crippen LogP contribution is -2.15. The highest BCUT2D eigenvalue weighted by Crippen LogP contribution is 2.29. The molecule has 0 spiro atoms. The van der Waals surface area contributed by atoms with E-state index in [0.717, 1.165) is 17.7 Å². The van der Waals surface area contributed by atoms with Crippen molar-refractivity contribution < 1.29 is 9.53 Å².